The molecule has 1 aromatic heterocycles. The fraction of sp³-hybridized carbons (Fsp3) is 0.824. The van der Waals surface area contributed by atoms with E-state index in [4.69, 9.17) is 5.10 Å². The van der Waals surface area contributed by atoms with E-state index in [-0.39, 0.29) is 0 Å². The van der Waals surface area contributed by atoms with Crippen LogP contribution in [0, 0.1) is 5.92 Å². The Bertz CT molecular complexity index is 381. The molecule has 0 spiro atoms. The van der Waals surface area contributed by atoms with Gasteiger partial charge >= 0.3 is 0 Å². The van der Waals surface area contributed by atoms with Gasteiger partial charge in [0.05, 0.1) is 11.7 Å². The zero-order chi connectivity index (χ0) is 14.4. The van der Waals surface area contributed by atoms with Gasteiger partial charge in [0.2, 0.25) is 0 Å². The van der Waals surface area contributed by atoms with E-state index in [2.05, 4.69) is 43.2 Å². The normalized spacial score (nSPS) is 24.0. The van der Waals surface area contributed by atoms with E-state index in [1.807, 2.05) is 0 Å². The van der Waals surface area contributed by atoms with Crippen molar-refractivity contribution in [3.8, 4) is 0 Å². The summed E-state index contributed by atoms with van der Waals surface area (Å²) in [5.74, 6) is 0.757. The molecule has 2 unspecified atom stereocenters. The minimum atomic E-state index is 0.568. The van der Waals surface area contributed by atoms with Gasteiger partial charge in [-0.25, -0.2) is 0 Å². The number of hydrogen-bond donors (Lipinski definition) is 1. The summed E-state index contributed by atoms with van der Waals surface area (Å²) in [6.07, 6.45) is 12.5. The van der Waals surface area contributed by atoms with E-state index in [0.717, 1.165) is 12.3 Å². The first-order chi connectivity index (χ1) is 9.78. The molecule has 3 nitrogen and oxygen atoms in total. The van der Waals surface area contributed by atoms with Crippen molar-refractivity contribution in [2.24, 2.45) is 5.92 Å². The van der Waals surface area contributed by atoms with Gasteiger partial charge in [-0.2, -0.15) is 5.10 Å². The van der Waals surface area contributed by atoms with Gasteiger partial charge in [0.1, 0.15) is 0 Å². The van der Waals surface area contributed by atoms with Crippen LogP contribution in [0.5, 0.6) is 0 Å². The monoisotopic (exact) mass is 277 g/mol. The van der Waals surface area contributed by atoms with Gasteiger partial charge in [0.15, 0.2) is 0 Å². The van der Waals surface area contributed by atoms with Crippen LogP contribution >= 0.6 is 0 Å². The third-order valence-corrected chi connectivity index (χ3v) is 4.98. The van der Waals surface area contributed by atoms with Crippen molar-refractivity contribution >= 4 is 0 Å². The highest BCUT2D eigenvalue weighted by Crippen LogP contribution is 2.26. The molecule has 0 radical (unpaired) electrons. The van der Waals surface area contributed by atoms with Crippen LogP contribution in [0.15, 0.2) is 12.3 Å². The van der Waals surface area contributed by atoms with Crippen LogP contribution < -0.4 is 5.32 Å². The lowest BCUT2D eigenvalue weighted by atomic mass is 9.90. The second-order valence-electron chi connectivity index (χ2n) is 6.25. The molecule has 3 heteroatoms. The zero-order valence-electron chi connectivity index (χ0n) is 13.4. The predicted octanol–water partition coefficient (Wildman–Crippen LogP) is 3.96. The minimum Gasteiger partial charge on any atom is -0.317 e. The van der Waals surface area contributed by atoms with E-state index >= 15 is 0 Å². The van der Waals surface area contributed by atoms with Crippen molar-refractivity contribution in [1.29, 1.82) is 0 Å². The molecular weight excluding hydrogens is 246 g/mol. The number of aromatic nitrogens is 2. The molecular formula is C17H31N3. The number of nitrogens with zero attached hydrogens (tertiary/aromatic N) is 2. The SMILES string of the molecule is CCC(CC)n1ccc(CC2CCCCCC2NC)n1. The van der Waals surface area contributed by atoms with Gasteiger partial charge in [0.25, 0.3) is 0 Å². The van der Waals surface area contributed by atoms with E-state index in [1.165, 1.54) is 50.6 Å². The predicted molar refractivity (Wildman–Crippen MR) is 85.0 cm³/mol. The lowest BCUT2D eigenvalue weighted by Gasteiger charge is -2.24. The Hall–Kier alpha value is -0.830. The molecule has 1 aromatic rings. The fourth-order valence-corrected chi connectivity index (χ4v) is 3.63. The fourth-order valence-electron chi connectivity index (χ4n) is 3.63. The Kier molecular flexibility index (Phi) is 6.08. The van der Waals surface area contributed by atoms with E-state index < -0.39 is 0 Å². The largest absolute Gasteiger partial charge is 0.317 e. The van der Waals surface area contributed by atoms with Crippen LogP contribution in [0.25, 0.3) is 0 Å². The molecule has 2 rings (SSSR count). The summed E-state index contributed by atoms with van der Waals surface area (Å²) in [6.45, 7) is 4.50. The average molecular weight is 277 g/mol. The second-order valence-corrected chi connectivity index (χ2v) is 6.25. The Labute approximate surface area is 124 Å². The topological polar surface area (TPSA) is 29.9 Å². The molecule has 0 aliphatic heterocycles. The van der Waals surface area contributed by atoms with Gasteiger partial charge in [-0.05, 0) is 51.1 Å². The quantitative estimate of drug-likeness (QED) is 0.798. The van der Waals surface area contributed by atoms with Gasteiger partial charge < -0.3 is 5.32 Å². The first-order valence-corrected chi connectivity index (χ1v) is 8.49. The maximum Gasteiger partial charge on any atom is 0.0628 e. The highest BCUT2D eigenvalue weighted by Gasteiger charge is 2.23. The van der Waals surface area contributed by atoms with E-state index in [9.17, 15) is 0 Å². The zero-order valence-corrected chi connectivity index (χ0v) is 13.4. The van der Waals surface area contributed by atoms with Crippen molar-refractivity contribution in [1.82, 2.24) is 15.1 Å². The summed E-state index contributed by atoms with van der Waals surface area (Å²) < 4.78 is 2.18. The van der Waals surface area contributed by atoms with Crippen LogP contribution in [0.2, 0.25) is 0 Å². The Morgan fingerprint density at radius 3 is 2.70 bits per heavy atom. The second kappa shape index (κ2) is 7.82. The Morgan fingerprint density at radius 2 is 2.00 bits per heavy atom. The van der Waals surface area contributed by atoms with Crippen LogP contribution in [0.1, 0.15) is 70.5 Å². The molecule has 0 aromatic carbocycles. The third-order valence-electron chi connectivity index (χ3n) is 4.98. The average Bonchev–Trinajstić information content (AvgIpc) is 2.80. The van der Waals surface area contributed by atoms with Crippen molar-refractivity contribution < 1.29 is 0 Å². The van der Waals surface area contributed by atoms with Crippen molar-refractivity contribution in [3.05, 3.63) is 18.0 Å². The Balaban J connectivity index is 2.01. The lowest BCUT2D eigenvalue weighted by molar-refractivity contribution is 0.344. The van der Waals surface area contributed by atoms with E-state index in [0.29, 0.717) is 12.1 Å². The number of hydrogen-bond acceptors (Lipinski definition) is 2. The molecule has 1 heterocycles. The van der Waals surface area contributed by atoms with Crippen LogP contribution in [0.3, 0.4) is 0 Å². The summed E-state index contributed by atoms with van der Waals surface area (Å²) >= 11 is 0. The first kappa shape index (κ1) is 15.6. The summed E-state index contributed by atoms with van der Waals surface area (Å²) in [5.41, 5.74) is 1.28. The molecule has 0 saturated heterocycles. The molecule has 20 heavy (non-hydrogen) atoms. The van der Waals surface area contributed by atoms with Crippen molar-refractivity contribution in [2.45, 2.75) is 77.3 Å². The summed E-state index contributed by atoms with van der Waals surface area (Å²) in [6, 6.07) is 3.48. The summed E-state index contributed by atoms with van der Waals surface area (Å²) in [4.78, 5) is 0. The smallest absolute Gasteiger partial charge is 0.0628 e. The molecule has 114 valence electrons. The summed E-state index contributed by atoms with van der Waals surface area (Å²) in [7, 11) is 2.12. The number of rotatable bonds is 6. The van der Waals surface area contributed by atoms with Crippen LogP contribution in [-0.4, -0.2) is 22.9 Å². The molecule has 1 N–H and O–H groups in total. The van der Waals surface area contributed by atoms with Gasteiger partial charge in [-0.15, -0.1) is 0 Å². The third kappa shape index (κ3) is 3.85. The first-order valence-electron chi connectivity index (χ1n) is 8.49. The lowest BCUT2D eigenvalue weighted by Crippen LogP contribution is -2.34. The highest BCUT2D eigenvalue weighted by atomic mass is 15.3. The molecule has 1 fully saturated rings. The Morgan fingerprint density at radius 1 is 1.25 bits per heavy atom. The number of nitrogens with one attached hydrogen (secondary N) is 1. The molecule has 1 aliphatic rings. The summed E-state index contributed by atoms with van der Waals surface area (Å²) in [5, 5.41) is 8.37. The molecule has 2 atom stereocenters. The molecule has 1 aliphatic carbocycles. The van der Waals surface area contributed by atoms with Crippen molar-refractivity contribution in [3.63, 3.8) is 0 Å². The van der Waals surface area contributed by atoms with Gasteiger partial charge in [0, 0.05) is 12.2 Å². The maximum atomic E-state index is 4.83. The highest BCUT2D eigenvalue weighted by molar-refractivity contribution is 5.02. The van der Waals surface area contributed by atoms with Crippen molar-refractivity contribution in [2.75, 3.05) is 7.05 Å². The van der Waals surface area contributed by atoms with Gasteiger partial charge in [-0.1, -0.05) is 33.1 Å². The van der Waals surface area contributed by atoms with Gasteiger partial charge in [-0.3, -0.25) is 4.68 Å². The standard InChI is InChI=1S/C17H31N3/c1-4-16(5-2)20-12-11-15(19-20)13-14-9-7-6-8-10-17(14)18-3/h11-12,14,16-18H,4-10,13H2,1-3H3. The van der Waals surface area contributed by atoms with E-state index in [1.54, 1.807) is 0 Å². The maximum absolute atomic E-state index is 4.83. The molecule has 1 saturated carbocycles. The minimum absolute atomic E-state index is 0.568. The van der Waals surface area contributed by atoms with Crippen LogP contribution in [0.4, 0.5) is 0 Å². The van der Waals surface area contributed by atoms with Crippen LogP contribution in [-0.2, 0) is 6.42 Å². The molecule has 0 bridgehead atoms. The molecule has 0 amide bonds.